The average Bonchev–Trinajstić information content (AvgIpc) is 2.92. The summed E-state index contributed by atoms with van der Waals surface area (Å²) in [6.07, 6.45) is -7.15. The third-order valence-electron chi connectivity index (χ3n) is 4.01. The highest BCUT2D eigenvalue weighted by Gasteiger charge is 2.49. The number of benzene rings is 1. The van der Waals surface area contributed by atoms with E-state index in [1.165, 1.54) is 0 Å². The van der Waals surface area contributed by atoms with E-state index in [1.54, 1.807) is 51.1 Å². The Kier molecular flexibility index (Phi) is 6.04. The second-order valence-corrected chi connectivity index (χ2v) is 7.44. The van der Waals surface area contributed by atoms with Crippen molar-refractivity contribution in [3.63, 3.8) is 0 Å². The van der Waals surface area contributed by atoms with Gasteiger partial charge in [0.15, 0.2) is 0 Å². The van der Waals surface area contributed by atoms with Crippen molar-refractivity contribution in [1.82, 2.24) is 9.80 Å². The zero-order valence-electron chi connectivity index (χ0n) is 15.4. The highest BCUT2D eigenvalue weighted by molar-refractivity contribution is 5.82. The molecule has 1 fully saturated rings. The van der Waals surface area contributed by atoms with Gasteiger partial charge in [-0.3, -0.25) is 4.79 Å². The molecule has 2 rings (SSSR count). The molecule has 1 heterocycles. The SMILES string of the molecule is CC(C)(C)OC(=O)N1C[C@H](O)[C@@H](N(Cc2ccccc2)C(=O)C(F)(F)F)C1. The van der Waals surface area contributed by atoms with Crippen LogP contribution in [-0.4, -0.2) is 63.9 Å². The molecule has 1 N–H and O–H groups in total. The van der Waals surface area contributed by atoms with E-state index in [-0.39, 0.29) is 19.6 Å². The third kappa shape index (κ3) is 5.59. The van der Waals surface area contributed by atoms with Crippen LogP contribution in [0.1, 0.15) is 26.3 Å². The molecule has 6 nitrogen and oxygen atoms in total. The van der Waals surface area contributed by atoms with Crippen molar-refractivity contribution in [1.29, 1.82) is 0 Å². The highest BCUT2D eigenvalue weighted by Crippen LogP contribution is 2.27. The van der Waals surface area contributed by atoms with Crippen LogP contribution < -0.4 is 0 Å². The van der Waals surface area contributed by atoms with E-state index in [9.17, 15) is 27.9 Å². The van der Waals surface area contributed by atoms with Gasteiger partial charge in [-0.05, 0) is 26.3 Å². The largest absolute Gasteiger partial charge is 0.471 e. The van der Waals surface area contributed by atoms with E-state index in [0.29, 0.717) is 10.5 Å². The summed E-state index contributed by atoms with van der Waals surface area (Å²) in [7, 11) is 0. The van der Waals surface area contributed by atoms with E-state index in [1.807, 2.05) is 0 Å². The fraction of sp³-hybridized carbons (Fsp3) is 0.556. The third-order valence-corrected chi connectivity index (χ3v) is 4.01. The summed E-state index contributed by atoms with van der Waals surface area (Å²) in [4.78, 5) is 25.8. The quantitative estimate of drug-likeness (QED) is 0.864. The minimum atomic E-state index is -5.09. The van der Waals surface area contributed by atoms with Crippen molar-refractivity contribution < 1.29 is 32.6 Å². The molecule has 9 heteroatoms. The van der Waals surface area contributed by atoms with E-state index in [2.05, 4.69) is 0 Å². The van der Waals surface area contributed by atoms with E-state index < -0.39 is 35.9 Å². The van der Waals surface area contributed by atoms with E-state index in [4.69, 9.17) is 4.74 Å². The number of alkyl halides is 3. The molecular formula is C18H23F3N2O4. The monoisotopic (exact) mass is 388 g/mol. The lowest BCUT2D eigenvalue weighted by atomic mass is 10.1. The lowest BCUT2D eigenvalue weighted by Gasteiger charge is -2.31. The van der Waals surface area contributed by atoms with Crippen LogP contribution in [0, 0.1) is 0 Å². The molecule has 1 aliphatic rings. The van der Waals surface area contributed by atoms with Gasteiger partial charge >= 0.3 is 18.2 Å². The Morgan fingerprint density at radius 2 is 1.78 bits per heavy atom. The standard InChI is InChI=1S/C18H23F3N2O4/c1-17(2,3)27-16(26)22-10-13(14(24)11-22)23(15(25)18(19,20)21)9-12-7-5-4-6-8-12/h4-8,13-14,24H,9-11H2,1-3H3/t13-,14-/m0/s1. The number of aliphatic hydroxyl groups is 1. The van der Waals surface area contributed by atoms with Gasteiger partial charge in [0.2, 0.25) is 0 Å². The molecular weight excluding hydrogens is 365 g/mol. The van der Waals surface area contributed by atoms with Crippen molar-refractivity contribution in [2.75, 3.05) is 13.1 Å². The van der Waals surface area contributed by atoms with Gasteiger partial charge in [-0.1, -0.05) is 30.3 Å². The number of likely N-dealkylation sites (tertiary alicyclic amines) is 1. The molecule has 0 aromatic heterocycles. The molecule has 1 saturated heterocycles. The Bertz CT molecular complexity index is 673. The van der Waals surface area contributed by atoms with E-state index in [0.717, 1.165) is 4.90 Å². The first-order chi connectivity index (χ1) is 12.4. The Balaban J connectivity index is 2.22. The number of nitrogens with zero attached hydrogens (tertiary/aromatic N) is 2. The van der Waals surface area contributed by atoms with Gasteiger partial charge in [-0.15, -0.1) is 0 Å². The minimum absolute atomic E-state index is 0.212. The van der Waals surface area contributed by atoms with Gasteiger partial charge in [0, 0.05) is 13.1 Å². The van der Waals surface area contributed by atoms with Crippen molar-refractivity contribution in [3.8, 4) is 0 Å². The van der Waals surface area contributed by atoms with Crippen LogP contribution in [0.4, 0.5) is 18.0 Å². The number of rotatable bonds is 3. The Labute approximate surface area is 155 Å². The summed E-state index contributed by atoms with van der Waals surface area (Å²) in [5.41, 5.74) is -0.302. The molecule has 2 atom stereocenters. The summed E-state index contributed by atoms with van der Waals surface area (Å²) in [5.74, 6) is -2.05. The molecule has 1 aromatic rings. The minimum Gasteiger partial charge on any atom is -0.444 e. The van der Waals surface area contributed by atoms with Crippen LogP contribution in [0.2, 0.25) is 0 Å². The van der Waals surface area contributed by atoms with Crippen LogP contribution in [0.5, 0.6) is 0 Å². The van der Waals surface area contributed by atoms with Crippen LogP contribution in [0.25, 0.3) is 0 Å². The van der Waals surface area contributed by atoms with Crippen LogP contribution in [-0.2, 0) is 16.1 Å². The Morgan fingerprint density at radius 3 is 2.30 bits per heavy atom. The molecule has 0 spiro atoms. The maximum Gasteiger partial charge on any atom is 0.471 e. The first-order valence-electron chi connectivity index (χ1n) is 8.46. The van der Waals surface area contributed by atoms with Gasteiger partial charge in [-0.2, -0.15) is 13.2 Å². The summed E-state index contributed by atoms with van der Waals surface area (Å²) in [6.45, 7) is 4.18. The van der Waals surface area contributed by atoms with Gasteiger partial charge in [-0.25, -0.2) is 4.79 Å². The number of β-amino-alcohol motifs (C(OH)–C–C–N with tert-alkyl or cyclic N) is 1. The second kappa shape index (κ2) is 7.75. The molecule has 27 heavy (non-hydrogen) atoms. The van der Waals surface area contributed by atoms with Crippen LogP contribution in [0.15, 0.2) is 30.3 Å². The van der Waals surface area contributed by atoms with Gasteiger partial charge in [0.05, 0.1) is 18.7 Å². The number of ether oxygens (including phenoxy) is 1. The summed E-state index contributed by atoms with van der Waals surface area (Å²) >= 11 is 0. The number of aliphatic hydroxyl groups excluding tert-OH is 1. The van der Waals surface area contributed by atoms with Gasteiger partial charge in [0.1, 0.15) is 5.60 Å². The number of amides is 2. The zero-order valence-corrected chi connectivity index (χ0v) is 15.4. The predicted molar refractivity (Wildman–Crippen MR) is 90.6 cm³/mol. The first kappa shape index (κ1) is 21.0. The fourth-order valence-corrected chi connectivity index (χ4v) is 2.83. The molecule has 1 aromatic carbocycles. The summed E-state index contributed by atoms with van der Waals surface area (Å²) in [5, 5.41) is 10.3. The lowest BCUT2D eigenvalue weighted by molar-refractivity contribution is -0.189. The van der Waals surface area contributed by atoms with Crippen molar-refractivity contribution >= 4 is 12.0 Å². The maximum atomic E-state index is 13.1. The first-order valence-corrected chi connectivity index (χ1v) is 8.46. The summed E-state index contributed by atoms with van der Waals surface area (Å²) in [6, 6.07) is 6.97. The van der Waals surface area contributed by atoms with Crippen molar-refractivity contribution in [2.45, 2.75) is 51.2 Å². The Morgan fingerprint density at radius 1 is 1.19 bits per heavy atom. The second-order valence-electron chi connectivity index (χ2n) is 7.44. The molecule has 2 amide bonds. The number of carbonyl (C=O) groups is 2. The number of hydrogen-bond donors (Lipinski definition) is 1. The molecule has 0 unspecified atom stereocenters. The number of carbonyl (C=O) groups excluding carboxylic acids is 2. The smallest absolute Gasteiger partial charge is 0.444 e. The number of hydrogen-bond acceptors (Lipinski definition) is 4. The van der Waals surface area contributed by atoms with Crippen LogP contribution in [0.3, 0.4) is 0 Å². The zero-order chi connectivity index (χ0) is 20.4. The normalized spacial score (nSPS) is 20.5. The summed E-state index contributed by atoms with van der Waals surface area (Å²) < 4.78 is 44.4. The molecule has 0 radical (unpaired) electrons. The molecule has 150 valence electrons. The van der Waals surface area contributed by atoms with Crippen molar-refractivity contribution in [3.05, 3.63) is 35.9 Å². The molecule has 0 saturated carbocycles. The van der Waals surface area contributed by atoms with Crippen LogP contribution >= 0.6 is 0 Å². The predicted octanol–water partition coefficient (Wildman–Crippen LogP) is 2.56. The molecule has 1 aliphatic heterocycles. The Hall–Kier alpha value is -2.29. The van der Waals surface area contributed by atoms with E-state index >= 15 is 0 Å². The van der Waals surface area contributed by atoms with Gasteiger partial charge < -0.3 is 19.6 Å². The lowest BCUT2D eigenvalue weighted by Crippen LogP contribution is -2.51. The van der Waals surface area contributed by atoms with Gasteiger partial charge in [0.25, 0.3) is 0 Å². The maximum absolute atomic E-state index is 13.1. The average molecular weight is 388 g/mol. The van der Waals surface area contributed by atoms with Crippen molar-refractivity contribution in [2.24, 2.45) is 0 Å². The molecule has 0 bridgehead atoms. The topological polar surface area (TPSA) is 70.1 Å². The fourth-order valence-electron chi connectivity index (χ4n) is 2.83. The number of halogens is 3. The highest BCUT2D eigenvalue weighted by atomic mass is 19.4. The molecule has 0 aliphatic carbocycles.